The topological polar surface area (TPSA) is 68.4 Å². The minimum Gasteiger partial charge on any atom is -0.391 e. The number of nitrogens with one attached hydrogen (secondary N) is 2. The van der Waals surface area contributed by atoms with E-state index in [0.717, 1.165) is 47.2 Å². The highest BCUT2D eigenvalue weighted by Gasteiger charge is 2.17. The van der Waals surface area contributed by atoms with Gasteiger partial charge in [0.15, 0.2) is 0 Å². The first-order chi connectivity index (χ1) is 13.1. The van der Waals surface area contributed by atoms with Gasteiger partial charge >= 0.3 is 0 Å². The molecule has 0 unspecified atom stereocenters. The summed E-state index contributed by atoms with van der Waals surface area (Å²) in [4.78, 5) is 17.5. The van der Waals surface area contributed by atoms with Crippen molar-refractivity contribution in [2.75, 3.05) is 23.3 Å². The number of rotatable bonds is 4. The lowest BCUT2D eigenvalue weighted by Gasteiger charge is -2.32. The molecule has 0 saturated carbocycles. The molecule has 5 nitrogen and oxygen atoms in total. The van der Waals surface area contributed by atoms with Gasteiger partial charge < -0.3 is 20.3 Å². The number of benzene rings is 2. The van der Waals surface area contributed by atoms with Crippen LogP contribution in [0.4, 0.5) is 11.4 Å². The van der Waals surface area contributed by atoms with E-state index in [0.29, 0.717) is 13.1 Å². The fourth-order valence-electron chi connectivity index (χ4n) is 3.68. The lowest BCUT2D eigenvalue weighted by atomic mass is 10.1. The maximum atomic E-state index is 12.3. The fourth-order valence-corrected chi connectivity index (χ4v) is 3.68. The summed E-state index contributed by atoms with van der Waals surface area (Å²) < 4.78 is 0. The van der Waals surface area contributed by atoms with Crippen molar-refractivity contribution in [1.82, 2.24) is 4.98 Å². The van der Waals surface area contributed by atoms with Crippen molar-refractivity contribution in [2.24, 2.45) is 0 Å². The minimum absolute atomic E-state index is 0.0576. The molecule has 4 rings (SSSR count). The molecule has 0 radical (unpaired) electrons. The first kappa shape index (κ1) is 17.6. The number of pyridine rings is 1. The van der Waals surface area contributed by atoms with Gasteiger partial charge in [-0.05, 0) is 67.6 Å². The Hall–Kier alpha value is -2.79. The van der Waals surface area contributed by atoms with Gasteiger partial charge in [-0.1, -0.05) is 11.6 Å². The number of aliphatic hydroxyl groups is 1. The van der Waals surface area contributed by atoms with Crippen LogP contribution in [0.2, 0.25) is 0 Å². The third-order valence-corrected chi connectivity index (χ3v) is 5.19. The van der Waals surface area contributed by atoms with Crippen LogP contribution in [0.3, 0.4) is 0 Å². The average molecular weight is 363 g/mol. The summed E-state index contributed by atoms with van der Waals surface area (Å²) >= 11 is 0. The molecule has 1 fully saturated rings. The van der Waals surface area contributed by atoms with E-state index in [2.05, 4.69) is 33.4 Å². The van der Waals surface area contributed by atoms with Crippen LogP contribution in [-0.2, 0) is 6.54 Å². The molecule has 2 heterocycles. The Morgan fingerprint density at radius 1 is 1.19 bits per heavy atom. The van der Waals surface area contributed by atoms with Gasteiger partial charge in [-0.25, -0.2) is 0 Å². The number of piperidine rings is 1. The molecule has 1 atom stereocenters. The summed E-state index contributed by atoms with van der Waals surface area (Å²) in [7, 11) is 0. The van der Waals surface area contributed by atoms with Gasteiger partial charge in [-0.3, -0.25) is 4.79 Å². The van der Waals surface area contributed by atoms with Crippen LogP contribution in [-0.4, -0.2) is 29.3 Å². The number of β-amino-alcohol motifs (C(OH)–C–C–N with tert-alkyl or cyclic N) is 1. The Balaban J connectivity index is 1.46. The van der Waals surface area contributed by atoms with E-state index in [9.17, 15) is 9.90 Å². The van der Waals surface area contributed by atoms with Crippen LogP contribution in [0, 0.1) is 6.92 Å². The zero-order valence-corrected chi connectivity index (χ0v) is 15.5. The largest absolute Gasteiger partial charge is 0.391 e. The highest BCUT2D eigenvalue weighted by atomic mass is 16.3. The maximum absolute atomic E-state index is 12.3. The van der Waals surface area contributed by atoms with Crippen molar-refractivity contribution in [1.29, 1.82) is 0 Å². The lowest BCUT2D eigenvalue weighted by molar-refractivity contribution is 0.154. The average Bonchev–Trinajstić information content (AvgIpc) is 2.67. The second kappa shape index (κ2) is 7.45. The van der Waals surface area contributed by atoms with Gasteiger partial charge in [0.05, 0.1) is 6.10 Å². The molecule has 27 heavy (non-hydrogen) atoms. The van der Waals surface area contributed by atoms with Crippen LogP contribution in [0.1, 0.15) is 24.0 Å². The first-order valence-corrected chi connectivity index (χ1v) is 9.48. The number of hydrogen-bond acceptors (Lipinski definition) is 4. The second-order valence-electron chi connectivity index (χ2n) is 7.36. The Morgan fingerprint density at radius 2 is 2.00 bits per heavy atom. The lowest BCUT2D eigenvalue weighted by Crippen LogP contribution is -2.38. The molecule has 0 aliphatic carbocycles. The van der Waals surface area contributed by atoms with E-state index in [1.165, 1.54) is 5.56 Å². The number of aliphatic hydroxyl groups excluding tert-OH is 1. The molecular formula is C22H25N3O2. The predicted molar refractivity (Wildman–Crippen MR) is 111 cm³/mol. The summed E-state index contributed by atoms with van der Waals surface area (Å²) in [6.45, 7) is 4.20. The fraction of sp³-hybridized carbons (Fsp3) is 0.318. The molecule has 0 spiro atoms. The second-order valence-corrected chi connectivity index (χ2v) is 7.36. The number of aromatic nitrogens is 1. The zero-order chi connectivity index (χ0) is 18.8. The predicted octanol–water partition coefficient (Wildman–Crippen LogP) is 3.41. The quantitative estimate of drug-likeness (QED) is 0.664. The van der Waals surface area contributed by atoms with Crippen molar-refractivity contribution >= 4 is 22.3 Å². The van der Waals surface area contributed by atoms with Gasteiger partial charge in [0.25, 0.3) is 5.56 Å². The molecule has 1 saturated heterocycles. The molecule has 2 aromatic carbocycles. The van der Waals surface area contributed by atoms with Crippen LogP contribution in [0.25, 0.3) is 10.9 Å². The standard InChI is InChI=1S/C22H25N3O2/c1-15-4-9-21-16(11-15)12-17(22(27)24-21)13-23-18-5-7-19(8-6-18)25-10-2-3-20(26)14-25/h4-9,11-12,20,23,26H,2-3,10,13-14H2,1H3,(H,24,27)/t20-/m0/s1. The van der Waals surface area contributed by atoms with Crippen LogP contribution in [0.5, 0.6) is 0 Å². The van der Waals surface area contributed by atoms with Crippen molar-refractivity contribution < 1.29 is 5.11 Å². The molecule has 5 heteroatoms. The highest BCUT2D eigenvalue weighted by Crippen LogP contribution is 2.22. The number of aryl methyl sites for hydroxylation is 1. The molecular weight excluding hydrogens is 338 g/mol. The SMILES string of the molecule is Cc1ccc2[nH]c(=O)c(CNc3ccc(N4CCC[C@H](O)C4)cc3)cc2c1. The zero-order valence-electron chi connectivity index (χ0n) is 15.5. The van der Waals surface area contributed by atoms with Crippen LogP contribution < -0.4 is 15.8 Å². The summed E-state index contributed by atoms with van der Waals surface area (Å²) in [5, 5.41) is 14.2. The molecule has 3 aromatic rings. The van der Waals surface area contributed by atoms with Gasteiger partial charge in [-0.2, -0.15) is 0 Å². The molecule has 3 N–H and O–H groups in total. The summed E-state index contributed by atoms with van der Waals surface area (Å²) in [5.74, 6) is 0. The number of H-pyrrole nitrogens is 1. The van der Waals surface area contributed by atoms with Gasteiger partial charge in [0.2, 0.25) is 0 Å². The van der Waals surface area contributed by atoms with Crippen molar-refractivity contribution in [2.45, 2.75) is 32.4 Å². The molecule has 1 aromatic heterocycles. The number of fused-ring (bicyclic) bond motifs is 1. The number of nitrogens with zero attached hydrogens (tertiary/aromatic N) is 1. The first-order valence-electron chi connectivity index (χ1n) is 9.48. The Morgan fingerprint density at radius 3 is 2.78 bits per heavy atom. The summed E-state index contributed by atoms with van der Waals surface area (Å²) in [5.41, 5.74) is 4.79. The van der Waals surface area contributed by atoms with E-state index in [-0.39, 0.29) is 11.7 Å². The molecule has 1 aliphatic heterocycles. The van der Waals surface area contributed by atoms with E-state index in [1.54, 1.807) is 0 Å². The summed E-state index contributed by atoms with van der Waals surface area (Å²) in [6.07, 6.45) is 1.67. The molecule has 0 amide bonds. The number of hydrogen-bond donors (Lipinski definition) is 3. The third-order valence-electron chi connectivity index (χ3n) is 5.19. The highest BCUT2D eigenvalue weighted by molar-refractivity contribution is 5.79. The van der Waals surface area contributed by atoms with Crippen molar-refractivity contribution in [3.05, 3.63) is 70.0 Å². The Bertz CT molecular complexity index is 995. The van der Waals surface area contributed by atoms with E-state index in [1.807, 2.05) is 37.3 Å². The third kappa shape index (κ3) is 3.98. The maximum Gasteiger partial charge on any atom is 0.253 e. The number of anilines is 2. The molecule has 140 valence electrons. The van der Waals surface area contributed by atoms with E-state index in [4.69, 9.17) is 0 Å². The van der Waals surface area contributed by atoms with Gasteiger partial charge in [-0.15, -0.1) is 0 Å². The van der Waals surface area contributed by atoms with E-state index >= 15 is 0 Å². The molecule has 1 aliphatic rings. The van der Waals surface area contributed by atoms with E-state index < -0.39 is 0 Å². The minimum atomic E-state index is -0.236. The smallest absolute Gasteiger partial charge is 0.253 e. The van der Waals surface area contributed by atoms with Crippen molar-refractivity contribution in [3.8, 4) is 0 Å². The number of aromatic amines is 1. The van der Waals surface area contributed by atoms with Gasteiger partial charge in [0.1, 0.15) is 0 Å². The van der Waals surface area contributed by atoms with Crippen molar-refractivity contribution in [3.63, 3.8) is 0 Å². The summed E-state index contributed by atoms with van der Waals surface area (Å²) in [6, 6.07) is 16.2. The van der Waals surface area contributed by atoms with Crippen LogP contribution >= 0.6 is 0 Å². The Kier molecular flexibility index (Phi) is 4.86. The van der Waals surface area contributed by atoms with Crippen LogP contribution in [0.15, 0.2) is 53.3 Å². The monoisotopic (exact) mass is 363 g/mol. The Labute approximate surface area is 158 Å². The molecule has 0 bridgehead atoms. The normalized spacial score (nSPS) is 17.3. The van der Waals surface area contributed by atoms with Gasteiger partial charge in [0, 0.05) is 42.1 Å².